The largest absolute Gasteiger partial charge is 0.459 e. The summed E-state index contributed by atoms with van der Waals surface area (Å²) >= 11 is 0. The minimum atomic E-state index is -0.800. The molecule has 5 fully saturated rings. The molecule has 0 amide bonds. The Hall–Kier alpha value is -0.950. The van der Waals surface area contributed by atoms with Gasteiger partial charge in [-0.15, -0.1) is 0 Å². The number of rotatable bonds is 2. The Kier molecular flexibility index (Phi) is 4.27. The number of hydrogen-bond acceptors (Lipinski definition) is 6. The molecule has 0 aromatic heterocycles. The van der Waals surface area contributed by atoms with Gasteiger partial charge in [0.15, 0.2) is 6.29 Å². The van der Waals surface area contributed by atoms with E-state index in [2.05, 4.69) is 13.8 Å². The summed E-state index contributed by atoms with van der Waals surface area (Å²) in [5, 5.41) is 10.1. The van der Waals surface area contributed by atoms with E-state index >= 15 is 0 Å². The fourth-order valence-corrected chi connectivity index (χ4v) is 7.00. The molecule has 0 radical (unpaired) electrons. The molecule has 3 saturated heterocycles. The lowest BCUT2D eigenvalue weighted by Gasteiger charge is -2.63. The van der Waals surface area contributed by atoms with Crippen molar-refractivity contribution in [2.24, 2.45) is 22.7 Å². The van der Waals surface area contributed by atoms with Crippen LogP contribution in [0.4, 0.5) is 0 Å². The Bertz CT molecular complexity index is 699. The zero-order chi connectivity index (χ0) is 19.7. The molecule has 5 rings (SSSR count). The number of ether oxygens (including phenoxy) is 4. The Labute approximate surface area is 166 Å². The molecule has 156 valence electrons. The Morgan fingerprint density at radius 1 is 1.18 bits per heavy atom. The maximum Gasteiger partial charge on any atom is 0.336 e. The molecule has 6 nitrogen and oxygen atoms in total. The monoisotopic (exact) mass is 392 g/mol. The first-order valence-corrected chi connectivity index (χ1v) is 10.7. The molecule has 8 atom stereocenters. The molecule has 2 aliphatic carbocycles. The third kappa shape index (κ3) is 2.64. The number of epoxide rings is 1. The van der Waals surface area contributed by atoms with Crippen LogP contribution in [-0.4, -0.2) is 55.0 Å². The van der Waals surface area contributed by atoms with Crippen molar-refractivity contribution in [1.29, 1.82) is 0 Å². The number of aliphatic hydroxyl groups excluding tert-OH is 1. The van der Waals surface area contributed by atoms with Gasteiger partial charge in [0, 0.05) is 5.41 Å². The normalized spacial score (nSPS) is 54.4. The zero-order valence-corrected chi connectivity index (χ0v) is 17.1. The first-order valence-electron chi connectivity index (χ1n) is 10.7. The molecule has 1 N–H and O–H groups in total. The smallest absolute Gasteiger partial charge is 0.336 e. The van der Waals surface area contributed by atoms with Gasteiger partial charge in [0.25, 0.3) is 0 Å². The molecule has 2 saturated carbocycles. The number of carbonyl (C=O) groups excluding carboxylic acids is 1. The van der Waals surface area contributed by atoms with Gasteiger partial charge in [0.1, 0.15) is 12.7 Å². The number of fused-ring (bicyclic) bond motifs is 3. The van der Waals surface area contributed by atoms with Crippen LogP contribution in [0.25, 0.3) is 0 Å². The second kappa shape index (κ2) is 6.27. The number of allylic oxidation sites excluding steroid dienone is 1. The number of cyclic esters (lactones) is 1. The highest BCUT2D eigenvalue weighted by Gasteiger charge is 2.67. The molecule has 0 aromatic carbocycles. The van der Waals surface area contributed by atoms with Crippen molar-refractivity contribution < 1.29 is 28.8 Å². The first-order chi connectivity index (χ1) is 13.3. The fourth-order valence-electron chi connectivity index (χ4n) is 7.00. The Morgan fingerprint density at radius 3 is 2.64 bits per heavy atom. The molecular weight excluding hydrogens is 360 g/mol. The van der Waals surface area contributed by atoms with Gasteiger partial charge in [-0.1, -0.05) is 19.9 Å². The van der Waals surface area contributed by atoms with Crippen LogP contribution in [0.15, 0.2) is 11.6 Å². The number of hydrogen-bond donors (Lipinski definition) is 1. The van der Waals surface area contributed by atoms with Crippen molar-refractivity contribution in [3.05, 3.63) is 11.6 Å². The van der Waals surface area contributed by atoms with Crippen LogP contribution in [0, 0.1) is 22.7 Å². The molecule has 0 aromatic rings. The van der Waals surface area contributed by atoms with Crippen LogP contribution in [0.5, 0.6) is 0 Å². The van der Waals surface area contributed by atoms with Crippen molar-refractivity contribution in [2.75, 3.05) is 19.8 Å². The zero-order valence-electron chi connectivity index (χ0n) is 17.1. The van der Waals surface area contributed by atoms with E-state index in [1.54, 1.807) is 0 Å². The molecule has 6 heteroatoms. The predicted octanol–water partition coefficient (Wildman–Crippen LogP) is 2.58. The third-order valence-electron chi connectivity index (χ3n) is 8.60. The van der Waals surface area contributed by atoms with E-state index in [-0.39, 0.29) is 41.4 Å². The van der Waals surface area contributed by atoms with Crippen molar-refractivity contribution in [2.45, 2.75) is 77.0 Å². The Balaban J connectivity index is 1.45. The molecule has 3 heterocycles. The van der Waals surface area contributed by atoms with Gasteiger partial charge in [-0.2, -0.15) is 0 Å². The van der Waals surface area contributed by atoms with Gasteiger partial charge in [0.2, 0.25) is 0 Å². The summed E-state index contributed by atoms with van der Waals surface area (Å²) in [5.74, 6) is 0.434. The van der Waals surface area contributed by atoms with Crippen molar-refractivity contribution in [3.8, 4) is 0 Å². The lowest BCUT2D eigenvalue weighted by Crippen LogP contribution is -2.63. The van der Waals surface area contributed by atoms with Gasteiger partial charge in [-0.25, -0.2) is 4.79 Å². The summed E-state index contributed by atoms with van der Waals surface area (Å²) in [5.41, 5.74) is 0.452. The number of esters is 1. The highest BCUT2D eigenvalue weighted by molar-refractivity contribution is 5.91. The summed E-state index contributed by atoms with van der Waals surface area (Å²) in [4.78, 5) is 12.0. The maximum atomic E-state index is 12.0. The van der Waals surface area contributed by atoms with Crippen LogP contribution in [0.1, 0.15) is 52.9 Å². The van der Waals surface area contributed by atoms with E-state index in [1.165, 1.54) is 0 Å². The third-order valence-corrected chi connectivity index (χ3v) is 8.60. The van der Waals surface area contributed by atoms with Crippen LogP contribution in [0.2, 0.25) is 0 Å². The van der Waals surface area contributed by atoms with E-state index in [1.807, 2.05) is 13.0 Å². The predicted molar refractivity (Wildman–Crippen MR) is 100 cm³/mol. The van der Waals surface area contributed by atoms with Crippen LogP contribution >= 0.6 is 0 Å². The summed E-state index contributed by atoms with van der Waals surface area (Å²) in [7, 11) is 0. The van der Waals surface area contributed by atoms with E-state index < -0.39 is 6.10 Å². The lowest BCUT2D eigenvalue weighted by atomic mass is 9.44. The summed E-state index contributed by atoms with van der Waals surface area (Å²) < 4.78 is 23.2. The average Bonchev–Trinajstić information content (AvgIpc) is 3.35. The standard InChI is InChI=1S/C22H32O6/c1-13-26-11-21(3)16-6-9-22(12-27-22)17(20(16,2)8-7-18(21)28-13)5-4-14-15(23)10-25-19(14)24/h4,13,15-18,23H,5-12H2,1-3H3/b14-4+/t13-,15-,16+,17+,18-,20-,21+,22-/m1/s1. The van der Waals surface area contributed by atoms with Gasteiger partial charge >= 0.3 is 5.97 Å². The Morgan fingerprint density at radius 2 is 1.96 bits per heavy atom. The molecular formula is C22H32O6. The van der Waals surface area contributed by atoms with Gasteiger partial charge < -0.3 is 24.1 Å². The minimum Gasteiger partial charge on any atom is -0.459 e. The second-order valence-electron chi connectivity index (χ2n) is 10.1. The minimum absolute atomic E-state index is 0.00715. The quantitative estimate of drug-likeness (QED) is 0.442. The van der Waals surface area contributed by atoms with Gasteiger partial charge in [-0.3, -0.25) is 0 Å². The first kappa shape index (κ1) is 19.0. The molecule has 0 bridgehead atoms. The SMILES string of the molecule is C[C@@H]1OC[C@@]2(C)[C@H]3CC[C@@]4(CO4)[C@@H](C/C=C4/C(=O)OC[C@H]4O)[C@]3(C)CC[C@H]2O1. The van der Waals surface area contributed by atoms with Gasteiger partial charge in [-0.05, 0) is 56.3 Å². The number of aliphatic hydroxyl groups is 1. The molecule has 3 aliphatic heterocycles. The van der Waals surface area contributed by atoms with Crippen LogP contribution < -0.4 is 0 Å². The average molecular weight is 392 g/mol. The molecule has 28 heavy (non-hydrogen) atoms. The highest BCUT2D eigenvalue weighted by Crippen LogP contribution is 2.67. The lowest BCUT2D eigenvalue weighted by molar-refractivity contribution is -0.302. The number of carbonyl (C=O) groups is 1. The topological polar surface area (TPSA) is 77.5 Å². The van der Waals surface area contributed by atoms with Crippen molar-refractivity contribution in [1.82, 2.24) is 0 Å². The van der Waals surface area contributed by atoms with Gasteiger partial charge in [0.05, 0.1) is 30.5 Å². The van der Waals surface area contributed by atoms with Crippen LogP contribution in [-0.2, 0) is 23.7 Å². The summed E-state index contributed by atoms with van der Waals surface area (Å²) in [6, 6.07) is 0. The van der Waals surface area contributed by atoms with E-state index in [0.717, 1.165) is 45.3 Å². The fraction of sp³-hybridized carbons (Fsp3) is 0.864. The summed E-state index contributed by atoms with van der Waals surface area (Å²) in [6.07, 6.45) is 6.29. The molecule has 1 spiro atoms. The molecule has 0 unspecified atom stereocenters. The second-order valence-corrected chi connectivity index (χ2v) is 10.1. The maximum absolute atomic E-state index is 12.0. The molecule has 5 aliphatic rings. The van der Waals surface area contributed by atoms with Crippen molar-refractivity contribution in [3.63, 3.8) is 0 Å². The van der Waals surface area contributed by atoms with Crippen molar-refractivity contribution >= 4 is 5.97 Å². The van der Waals surface area contributed by atoms with Crippen LogP contribution in [0.3, 0.4) is 0 Å². The highest BCUT2D eigenvalue weighted by atomic mass is 16.7. The van der Waals surface area contributed by atoms with E-state index in [4.69, 9.17) is 18.9 Å². The van der Waals surface area contributed by atoms with E-state index in [0.29, 0.717) is 17.4 Å². The van der Waals surface area contributed by atoms with E-state index in [9.17, 15) is 9.90 Å². The summed E-state index contributed by atoms with van der Waals surface area (Å²) in [6.45, 7) is 8.36.